The van der Waals surface area contributed by atoms with Gasteiger partial charge in [0.05, 0.1) is 28.2 Å². The van der Waals surface area contributed by atoms with Crippen molar-refractivity contribution in [1.82, 2.24) is 4.98 Å². The largest absolute Gasteiger partial charge is 0.322 e. The molecular weight excluding hydrogens is 264 g/mol. The molecule has 0 aliphatic heterocycles. The molecule has 1 amide bonds. The number of nitrogens with one attached hydrogen (secondary N) is 2. The van der Waals surface area contributed by atoms with E-state index in [1.54, 1.807) is 18.2 Å². The minimum absolute atomic E-state index is 0.305. The molecule has 0 spiro atoms. The number of halogens is 1. The normalized spacial score (nSPS) is 10.1. The third-order valence-corrected chi connectivity index (χ3v) is 2.91. The predicted molar refractivity (Wildman–Crippen MR) is 76.2 cm³/mol. The first-order chi connectivity index (χ1) is 9.11. The zero-order chi connectivity index (χ0) is 13.8. The van der Waals surface area contributed by atoms with E-state index in [1.807, 2.05) is 13.0 Å². The number of amides is 1. The van der Waals surface area contributed by atoms with Crippen molar-refractivity contribution >= 4 is 28.9 Å². The summed E-state index contributed by atoms with van der Waals surface area (Å²) < 4.78 is 0. The molecule has 0 bridgehead atoms. The first-order valence-corrected chi connectivity index (χ1v) is 5.97. The highest BCUT2D eigenvalue weighted by atomic mass is 35.5. The summed E-state index contributed by atoms with van der Waals surface area (Å²) in [6.07, 6.45) is 3.00. The minimum atomic E-state index is -0.305. The van der Waals surface area contributed by atoms with E-state index in [2.05, 4.69) is 15.7 Å². The van der Waals surface area contributed by atoms with Gasteiger partial charge >= 0.3 is 0 Å². The number of nitrogens with two attached hydrogens (primary N) is 1. The number of benzene rings is 1. The Kier molecular flexibility index (Phi) is 3.99. The first-order valence-electron chi connectivity index (χ1n) is 5.60. The topological polar surface area (TPSA) is 80.0 Å². The van der Waals surface area contributed by atoms with Gasteiger partial charge in [-0.15, -0.1) is 0 Å². The lowest BCUT2D eigenvalue weighted by Crippen LogP contribution is -2.17. The molecule has 0 saturated heterocycles. The summed E-state index contributed by atoms with van der Waals surface area (Å²) in [6.45, 7) is 1.93. The van der Waals surface area contributed by atoms with Crippen molar-refractivity contribution in [2.75, 3.05) is 10.7 Å². The van der Waals surface area contributed by atoms with Crippen LogP contribution in [0.25, 0.3) is 0 Å². The van der Waals surface area contributed by atoms with Crippen molar-refractivity contribution in [2.45, 2.75) is 6.92 Å². The number of hydrazine groups is 1. The van der Waals surface area contributed by atoms with E-state index in [-0.39, 0.29) is 5.91 Å². The summed E-state index contributed by atoms with van der Waals surface area (Å²) in [5.41, 5.74) is 4.85. The number of pyridine rings is 1. The molecule has 98 valence electrons. The van der Waals surface area contributed by atoms with Gasteiger partial charge in [-0.25, -0.2) is 0 Å². The Morgan fingerprint density at radius 1 is 1.32 bits per heavy atom. The second kappa shape index (κ2) is 5.69. The van der Waals surface area contributed by atoms with E-state index in [9.17, 15) is 4.79 Å². The molecule has 6 heteroatoms. The van der Waals surface area contributed by atoms with Crippen LogP contribution in [-0.4, -0.2) is 10.9 Å². The molecule has 0 atom stereocenters. The average Bonchev–Trinajstić information content (AvgIpc) is 2.41. The summed E-state index contributed by atoms with van der Waals surface area (Å²) in [6, 6.07) is 6.99. The molecule has 19 heavy (non-hydrogen) atoms. The number of anilines is 2. The van der Waals surface area contributed by atoms with Crippen LogP contribution in [0.4, 0.5) is 11.4 Å². The third-order valence-electron chi connectivity index (χ3n) is 2.59. The molecule has 0 radical (unpaired) electrons. The second-order valence-corrected chi connectivity index (χ2v) is 4.41. The Morgan fingerprint density at radius 2 is 2.11 bits per heavy atom. The van der Waals surface area contributed by atoms with Crippen molar-refractivity contribution in [3.05, 3.63) is 52.8 Å². The van der Waals surface area contributed by atoms with E-state index in [0.29, 0.717) is 22.0 Å². The highest BCUT2D eigenvalue weighted by molar-refractivity contribution is 6.34. The third kappa shape index (κ3) is 3.01. The van der Waals surface area contributed by atoms with Crippen LogP contribution in [0.15, 0.2) is 36.7 Å². The van der Waals surface area contributed by atoms with Gasteiger partial charge in [-0.2, -0.15) is 0 Å². The average molecular weight is 277 g/mol. The van der Waals surface area contributed by atoms with E-state index in [0.717, 1.165) is 5.56 Å². The summed E-state index contributed by atoms with van der Waals surface area (Å²) >= 11 is 6.07. The maximum absolute atomic E-state index is 12.1. The molecule has 0 aliphatic rings. The fourth-order valence-corrected chi connectivity index (χ4v) is 1.90. The first kappa shape index (κ1) is 13.3. The lowest BCUT2D eigenvalue weighted by molar-refractivity contribution is 0.102. The van der Waals surface area contributed by atoms with Crippen LogP contribution >= 0.6 is 11.6 Å². The van der Waals surface area contributed by atoms with Crippen LogP contribution in [-0.2, 0) is 0 Å². The number of rotatable bonds is 3. The molecule has 1 aromatic heterocycles. The van der Waals surface area contributed by atoms with Crippen LogP contribution in [0.5, 0.6) is 0 Å². The molecule has 0 unspecified atom stereocenters. The van der Waals surface area contributed by atoms with Crippen LogP contribution in [0, 0.1) is 6.92 Å². The summed E-state index contributed by atoms with van der Waals surface area (Å²) in [5.74, 6) is 5.03. The Labute approximate surface area is 115 Å². The van der Waals surface area contributed by atoms with Gasteiger partial charge in [0.25, 0.3) is 5.91 Å². The van der Waals surface area contributed by atoms with Gasteiger partial charge in [-0.05, 0) is 30.7 Å². The number of carbonyl (C=O) groups is 1. The standard InChI is InChI=1S/C13H13ClN4O/c1-8-2-3-11(10(14)6-8)17-13(19)9-4-5-16-7-12(9)18-15/h2-7,18H,15H2,1H3,(H,17,19). The number of nitrogen functional groups attached to an aromatic ring is 1. The van der Waals surface area contributed by atoms with Crippen molar-refractivity contribution < 1.29 is 4.79 Å². The molecule has 2 rings (SSSR count). The number of hydrogen-bond acceptors (Lipinski definition) is 4. The quantitative estimate of drug-likeness (QED) is 0.595. The van der Waals surface area contributed by atoms with Crippen molar-refractivity contribution in [2.24, 2.45) is 5.84 Å². The Morgan fingerprint density at radius 3 is 2.79 bits per heavy atom. The monoisotopic (exact) mass is 276 g/mol. The van der Waals surface area contributed by atoms with Gasteiger partial charge < -0.3 is 10.7 Å². The predicted octanol–water partition coefficient (Wildman–Crippen LogP) is 2.58. The highest BCUT2D eigenvalue weighted by Crippen LogP contribution is 2.24. The number of hydrogen-bond donors (Lipinski definition) is 3. The number of aromatic nitrogens is 1. The number of carbonyl (C=O) groups excluding carboxylic acids is 1. The number of nitrogens with zero attached hydrogens (tertiary/aromatic N) is 1. The summed E-state index contributed by atoms with van der Waals surface area (Å²) in [4.78, 5) is 16.0. The minimum Gasteiger partial charge on any atom is -0.322 e. The van der Waals surface area contributed by atoms with Crippen LogP contribution in [0.3, 0.4) is 0 Å². The van der Waals surface area contributed by atoms with Gasteiger partial charge in [0.15, 0.2) is 0 Å². The molecule has 5 nitrogen and oxygen atoms in total. The van der Waals surface area contributed by atoms with Crippen LogP contribution < -0.4 is 16.6 Å². The SMILES string of the molecule is Cc1ccc(NC(=O)c2ccncc2NN)c(Cl)c1. The van der Waals surface area contributed by atoms with Crippen LogP contribution in [0.1, 0.15) is 15.9 Å². The summed E-state index contributed by atoms with van der Waals surface area (Å²) in [5, 5.41) is 3.22. The lowest BCUT2D eigenvalue weighted by atomic mass is 10.2. The smallest absolute Gasteiger partial charge is 0.257 e. The lowest BCUT2D eigenvalue weighted by Gasteiger charge is -2.10. The molecular formula is C13H13ClN4O. The molecule has 1 aromatic carbocycles. The van der Waals surface area contributed by atoms with E-state index in [1.165, 1.54) is 12.4 Å². The maximum Gasteiger partial charge on any atom is 0.257 e. The maximum atomic E-state index is 12.1. The van der Waals surface area contributed by atoms with Gasteiger partial charge in [0, 0.05) is 6.20 Å². The molecule has 2 aromatic rings. The zero-order valence-corrected chi connectivity index (χ0v) is 11.0. The van der Waals surface area contributed by atoms with E-state index >= 15 is 0 Å². The molecule has 4 N–H and O–H groups in total. The van der Waals surface area contributed by atoms with E-state index in [4.69, 9.17) is 17.4 Å². The Bertz CT molecular complexity index is 615. The molecule has 1 heterocycles. The van der Waals surface area contributed by atoms with Crippen LogP contribution in [0.2, 0.25) is 5.02 Å². The fraction of sp³-hybridized carbons (Fsp3) is 0.0769. The molecule has 0 fully saturated rings. The van der Waals surface area contributed by atoms with Crippen molar-refractivity contribution in [3.8, 4) is 0 Å². The highest BCUT2D eigenvalue weighted by Gasteiger charge is 2.12. The Balaban J connectivity index is 2.26. The second-order valence-electron chi connectivity index (χ2n) is 4.00. The fourth-order valence-electron chi connectivity index (χ4n) is 1.62. The molecule has 0 saturated carbocycles. The molecule has 0 aliphatic carbocycles. The Hall–Kier alpha value is -2.11. The number of aryl methyl sites for hydroxylation is 1. The van der Waals surface area contributed by atoms with E-state index < -0.39 is 0 Å². The van der Waals surface area contributed by atoms with Gasteiger partial charge in [-0.3, -0.25) is 15.6 Å². The van der Waals surface area contributed by atoms with Gasteiger partial charge in [0.1, 0.15) is 0 Å². The summed E-state index contributed by atoms with van der Waals surface area (Å²) in [7, 11) is 0. The van der Waals surface area contributed by atoms with Gasteiger partial charge in [0.2, 0.25) is 0 Å². The van der Waals surface area contributed by atoms with Gasteiger partial charge in [-0.1, -0.05) is 17.7 Å². The van der Waals surface area contributed by atoms with Crippen molar-refractivity contribution in [1.29, 1.82) is 0 Å². The zero-order valence-electron chi connectivity index (χ0n) is 10.3. The van der Waals surface area contributed by atoms with Crippen molar-refractivity contribution in [3.63, 3.8) is 0 Å².